The molecule has 1 aromatic rings. The average molecular weight is 207 g/mol. The van der Waals surface area contributed by atoms with E-state index in [0.717, 1.165) is 5.56 Å². The molecule has 0 aromatic heterocycles. The summed E-state index contributed by atoms with van der Waals surface area (Å²) in [6.07, 6.45) is 0.526. The molecule has 0 aliphatic carbocycles. The van der Waals surface area contributed by atoms with Gasteiger partial charge in [0.1, 0.15) is 0 Å². The molecule has 0 bridgehead atoms. The highest BCUT2D eigenvalue weighted by Gasteiger charge is 1.95. The van der Waals surface area contributed by atoms with Crippen LogP contribution in [-0.2, 0) is 16.1 Å². The molecule has 1 amide bonds. The highest BCUT2D eigenvalue weighted by Crippen LogP contribution is 1.99. The van der Waals surface area contributed by atoms with Crippen molar-refractivity contribution in [3.63, 3.8) is 0 Å². The standard InChI is InChI=1S/C12H17NO2/c1-2-12(14)13-8-9-15-10-11-6-4-3-5-7-11/h3-7H,2,8-10H2,1H3,(H,13,14). The number of nitrogens with one attached hydrogen (secondary N) is 1. The summed E-state index contributed by atoms with van der Waals surface area (Å²) in [6, 6.07) is 9.98. The van der Waals surface area contributed by atoms with Crippen molar-refractivity contribution in [3.8, 4) is 0 Å². The normalized spacial score (nSPS) is 9.93. The third-order valence-electron chi connectivity index (χ3n) is 2.00. The van der Waals surface area contributed by atoms with E-state index in [2.05, 4.69) is 5.32 Å². The van der Waals surface area contributed by atoms with Crippen LogP contribution in [0.25, 0.3) is 0 Å². The van der Waals surface area contributed by atoms with Gasteiger partial charge in [-0.2, -0.15) is 0 Å². The van der Waals surface area contributed by atoms with Crippen molar-refractivity contribution < 1.29 is 9.53 Å². The molecule has 1 rings (SSSR count). The van der Waals surface area contributed by atoms with Crippen LogP contribution in [0.3, 0.4) is 0 Å². The Balaban J connectivity index is 2.05. The first kappa shape index (κ1) is 11.7. The number of hydrogen-bond acceptors (Lipinski definition) is 2. The van der Waals surface area contributed by atoms with Crippen LogP contribution in [0, 0.1) is 0 Å². The SMILES string of the molecule is CCC(=O)NCCOCc1ccccc1. The molecular weight excluding hydrogens is 190 g/mol. The van der Waals surface area contributed by atoms with Crippen molar-refractivity contribution in [2.75, 3.05) is 13.2 Å². The monoisotopic (exact) mass is 207 g/mol. The van der Waals surface area contributed by atoms with E-state index < -0.39 is 0 Å². The van der Waals surface area contributed by atoms with Crippen molar-refractivity contribution in [1.29, 1.82) is 0 Å². The van der Waals surface area contributed by atoms with Crippen molar-refractivity contribution in [2.24, 2.45) is 0 Å². The lowest BCUT2D eigenvalue weighted by Crippen LogP contribution is -2.26. The topological polar surface area (TPSA) is 38.3 Å². The van der Waals surface area contributed by atoms with Crippen LogP contribution in [-0.4, -0.2) is 19.1 Å². The zero-order chi connectivity index (χ0) is 10.9. The Labute approximate surface area is 90.4 Å². The number of amides is 1. The summed E-state index contributed by atoms with van der Waals surface area (Å²) in [5.41, 5.74) is 1.15. The van der Waals surface area contributed by atoms with E-state index in [1.807, 2.05) is 37.3 Å². The fourth-order valence-corrected chi connectivity index (χ4v) is 1.15. The van der Waals surface area contributed by atoms with E-state index in [9.17, 15) is 4.79 Å². The molecule has 1 aromatic carbocycles. The molecular formula is C12H17NO2. The highest BCUT2D eigenvalue weighted by atomic mass is 16.5. The number of rotatable bonds is 6. The Kier molecular flexibility index (Phi) is 5.48. The fourth-order valence-electron chi connectivity index (χ4n) is 1.15. The quantitative estimate of drug-likeness (QED) is 0.721. The first-order valence-electron chi connectivity index (χ1n) is 5.21. The second-order valence-electron chi connectivity index (χ2n) is 3.24. The maximum atomic E-state index is 10.9. The summed E-state index contributed by atoms with van der Waals surface area (Å²) in [6.45, 7) is 3.57. The number of benzene rings is 1. The largest absolute Gasteiger partial charge is 0.375 e. The summed E-state index contributed by atoms with van der Waals surface area (Å²) in [5, 5.41) is 2.75. The van der Waals surface area contributed by atoms with Crippen LogP contribution < -0.4 is 5.32 Å². The Bertz CT molecular complexity index is 285. The van der Waals surface area contributed by atoms with E-state index in [-0.39, 0.29) is 5.91 Å². The van der Waals surface area contributed by atoms with Crippen LogP contribution in [0.15, 0.2) is 30.3 Å². The van der Waals surface area contributed by atoms with Gasteiger partial charge in [-0.1, -0.05) is 37.3 Å². The van der Waals surface area contributed by atoms with Crippen molar-refractivity contribution in [1.82, 2.24) is 5.32 Å². The fraction of sp³-hybridized carbons (Fsp3) is 0.417. The molecule has 0 saturated heterocycles. The summed E-state index contributed by atoms with van der Waals surface area (Å²) >= 11 is 0. The first-order valence-corrected chi connectivity index (χ1v) is 5.21. The van der Waals surface area contributed by atoms with Crippen LogP contribution in [0.1, 0.15) is 18.9 Å². The molecule has 0 atom stereocenters. The minimum Gasteiger partial charge on any atom is -0.375 e. The molecule has 0 spiro atoms. The van der Waals surface area contributed by atoms with Gasteiger partial charge >= 0.3 is 0 Å². The minimum absolute atomic E-state index is 0.0679. The van der Waals surface area contributed by atoms with Crippen LogP contribution in [0.2, 0.25) is 0 Å². The Morgan fingerprint density at radius 1 is 1.33 bits per heavy atom. The predicted octanol–water partition coefficient (Wildman–Crippen LogP) is 1.73. The second-order valence-corrected chi connectivity index (χ2v) is 3.24. The summed E-state index contributed by atoms with van der Waals surface area (Å²) < 4.78 is 5.40. The lowest BCUT2D eigenvalue weighted by atomic mass is 10.2. The number of ether oxygens (including phenoxy) is 1. The second kappa shape index (κ2) is 7.01. The lowest BCUT2D eigenvalue weighted by molar-refractivity contribution is -0.121. The van der Waals surface area contributed by atoms with Gasteiger partial charge in [0.15, 0.2) is 0 Å². The maximum absolute atomic E-state index is 10.9. The van der Waals surface area contributed by atoms with Gasteiger partial charge in [-0.15, -0.1) is 0 Å². The molecule has 82 valence electrons. The van der Waals surface area contributed by atoms with E-state index in [1.54, 1.807) is 0 Å². The van der Waals surface area contributed by atoms with Gasteiger partial charge in [0.2, 0.25) is 5.91 Å². The van der Waals surface area contributed by atoms with Gasteiger partial charge in [0.05, 0.1) is 13.2 Å². The molecule has 3 nitrogen and oxygen atoms in total. The van der Waals surface area contributed by atoms with Crippen molar-refractivity contribution in [3.05, 3.63) is 35.9 Å². The van der Waals surface area contributed by atoms with Crippen LogP contribution >= 0.6 is 0 Å². The Hall–Kier alpha value is -1.35. The van der Waals surface area contributed by atoms with Gasteiger partial charge < -0.3 is 10.1 Å². The van der Waals surface area contributed by atoms with Crippen LogP contribution in [0.5, 0.6) is 0 Å². The number of carbonyl (C=O) groups is 1. The molecule has 0 unspecified atom stereocenters. The van der Waals surface area contributed by atoms with E-state index >= 15 is 0 Å². The zero-order valence-electron chi connectivity index (χ0n) is 9.03. The van der Waals surface area contributed by atoms with Crippen molar-refractivity contribution in [2.45, 2.75) is 20.0 Å². The predicted molar refractivity (Wildman–Crippen MR) is 59.4 cm³/mol. The van der Waals surface area contributed by atoms with E-state index in [4.69, 9.17) is 4.74 Å². The molecule has 0 fully saturated rings. The third kappa shape index (κ3) is 5.18. The average Bonchev–Trinajstić information content (AvgIpc) is 2.29. The highest BCUT2D eigenvalue weighted by molar-refractivity contribution is 5.75. The van der Waals surface area contributed by atoms with Crippen molar-refractivity contribution >= 4 is 5.91 Å². The van der Waals surface area contributed by atoms with Gasteiger partial charge in [-0.25, -0.2) is 0 Å². The van der Waals surface area contributed by atoms with E-state index in [0.29, 0.717) is 26.2 Å². The summed E-state index contributed by atoms with van der Waals surface area (Å²) in [5.74, 6) is 0.0679. The smallest absolute Gasteiger partial charge is 0.219 e. The first-order chi connectivity index (χ1) is 7.33. The molecule has 0 aliphatic rings. The van der Waals surface area contributed by atoms with Crippen LogP contribution in [0.4, 0.5) is 0 Å². The molecule has 0 heterocycles. The molecule has 0 radical (unpaired) electrons. The number of hydrogen-bond donors (Lipinski definition) is 1. The lowest BCUT2D eigenvalue weighted by Gasteiger charge is -2.05. The van der Waals surface area contributed by atoms with Gasteiger partial charge in [-0.05, 0) is 5.56 Å². The maximum Gasteiger partial charge on any atom is 0.219 e. The van der Waals surface area contributed by atoms with Gasteiger partial charge in [-0.3, -0.25) is 4.79 Å². The Morgan fingerprint density at radius 3 is 2.73 bits per heavy atom. The van der Waals surface area contributed by atoms with Gasteiger partial charge in [0.25, 0.3) is 0 Å². The van der Waals surface area contributed by atoms with E-state index in [1.165, 1.54) is 0 Å². The van der Waals surface area contributed by atoms with Gasteiger partial charge in [0, 0.05) is 13.0 Å². The zero-order valence-corrected chi connectivity index (χ0v) is 9.03. The molecule has 3 heteroatoms. The molecule has 15 heavy (non-hydrogen) atoms. The summed E-state index contributed by atoms with van der Waals surface area (Å²) in [4.78, 5) is 10.9. The Morgan fingerprint density at radius 2 is 2.07 bits per heavy atom. The number of carbonyl (C=O) groups excluding carboxylic acids is 1. The molecule has 0 aliphatic heterocycles. The minimum atomic E-state index is 0.0679. The summed E-state index contributed by atoms with van der Waals surface area (Å²) in [7, 11) is 0. The molecule has 0 saturated carbocycles. The molecule has 1 N–H and O–H groups in total. The third-order valence-corrected chi connectivity index (χ3v) is 2.00.